The normalized spacial score (nSPS) is 11.4. The molecule has 2 aromatic carbocycles. The van der Waals surface area contributed by atoms with Crippen molar-refractivity contribution >= 4 is 39.7 Å². The van der Waals surface area contributed by atoms with Gasteiger partial charge in [0.05, 0.1) is 0 Å². The van der Waals surface area contributed by atoms with Crippen molar-refractivity contribution in [1.82, 2.24) is 14.5 Å². The van der Waals surface area contributed by atoms with Crippen LogP contribution in [0.4, 0.5) is 4.39 Å². The standard InChI is InChI=1S/C26H24BrClFN3O3/c27-20-7-4-19(24(29)13-20)6-9-26-31-21(17-35-26)16-34-22-8-5-18(23(28)14-22)3-1-2-11-32-12-10-30-25(32)15-33/h4-10,12-14,17,33H,1-3,11,15-16H2/b9-6+. The average molecular weight is 561 g/mol. The number of rotatable bonds is 11. The lowest BCUT2D eigenvalue weighted by Crippen LogP contribution is -2.03. The second-order valence-electron chi connectivity index (χ2n) is 7.87. The number of ether oxygens (including phenoxy) is 1. The topological polar surface area (TPSA) is 73.3 Å². The molecule has 2 aromatic heterocycles. The summed E-state index contributed by atoms with van der Waals surface area (Å²) in [6.07, 6.45) is 11.1. The highest BCUT2D eigenvalue weighted by Gasteiger charge is 2.07. The Kier molecular flexibility index (Phi) is 8.74. The van der Waals surface area contributed by atoms with Gasteiger partial charge in [-0.2, -0.15) is 0 Å². The molecule has 0 radical (unpaired) electrons. The first kappa shape index (κ1) is 25.2. The molecule has 0 amide bonds. The van der Waals surface area contributed by atoms with E-state index in [-0.39, 0.29) is 19.0 Å². The molecule has 0 atom stereocenters. The molecule has 0 spiro atoms. The van der Waals surface area contributed by atoms with E-state index in [1.165, 1.54) is 12.3 Å². The highest BCUT2D eigenvalue weighted by atomic mass is 79.9. The van der Waals surface area contributed by atoms with Gasteiger partial charge in [-0.3, -0.25) is 0 Å². The second kappa shape index (κ2) is 12.2. The number of unbranched alkanes of at least 4 members (excludes halogenated alkanes) is 1. The van der Waals surface area contributed by atoms with Crippen LogP contribution in [-0.2, 0) is 26.2 Å². The van der Waals surface area contributed by atoms with Crippen molar-refractivity contribution < 1.29 is 18.7 Å². The molecule has 182 valence electrons. The van der Waals surface area contributed by atoms with Gasteiger partial charge in [0.1, 0.15) is 42.6 Å². The van der Waals surface area contributed by atoms with E-state index in [9.17, 15) is 9.50 Å². The van der Waals surface area contributed by atoms with E-state index < -0.39 is 0 Å². The molecule has 35 heavy (non-hydrogen) atoms. The maximum Gasteiger partial charge on any atom is 0.218 e. The lowest BCUT2D eigenvalue weighted by Gasteiger charge is -2.09. The highest BCUT2D eigenvalue weighted by Crippen LogP contribution is 2.25. The lowest BCUT2D eigenvalue weighted by molar-refractivity contribution is 0.264. The number of hydrogen-bond acceptors (Lipinski definition) is 5. The molecule has 4 rings (SSSR count). The molecule has 0 aliphatic heterocycles. The van der Waals surface area contributed by atoms with E-state index in [4.69, 9.17) is 20.8 Å². The molecule has 1 N–H and O–H groups in total. The van der Waals surface area contributed by atoms with Crippen LogP contribution < -0.4 is 4.74 Å². The first-order valence-electron chi connectivity index (χ1n) is 11.1. The van der Waals surface area contributed by atoms with E-state index in [0.717, 1.165) is 31.4 Å². The van der Waals surface area contributed by atoms with Crippen LogP contribution in [0.2, 0.25) is 5.02 Å². The third-order valence-corrected chi connectivity index (χ3v) is 6.23. The molecule has 0 fully saturated rings. The van der Waals surface area contributed by atoms with Crippen LogP contribution in [0.5, 0.6) is 5.75 Å². The summed E-state index contributed by atoms with van der Waals surface area (Å²) in [5, 5.41) is 9.92. The fraction of sp³-hybridized carbons (Fsp3) is 0.231. The largest absolute Gasteiger partial charge is 0.487 e. The minimum atomic E-state index is -0.333. The predicted molar refractivity (Wildman–Crippen MR) is 136 cm³/mol. The van der Waals surface area contributed by atoms with Gasteiger partial charge >= 0.3 is 0 Å². The zero-order valence-corrected chi connectivity index (χ0v) is 21.2. The Morgan fingerprint density at radius 3 is 2.86 bits per heavy atom. The molecule has 4 aromatic rings. The lowest BCUT2D eigenvalue weighted by atomic mass is 10.1. The van der Waals surface area contributed by atoms with Gasteiger partial charge in [-0.1, -0.05) is 39.7 Å². The number of imidazole rings is 1. The van der Waals surface area contributed by atoms with Crippen molar-refractivity contribution in [2.45, 2.75) is 39.0 Å². The van der Waals surface area contributed by atoms with Crippen molar-refractivity contribution in [3.05, 3.63) is 98.9 Å². The SMILES string of the molecule is OCc1nccn1CCCCc1ccc(OCc2coc(/C=C/c3ccc(Br)cc3F)n2)cc1Cl. The molecule has 9 heteroatoms. The van der Waals surface area contributed by atoms with Crippen molar-refractivity contribution in [3.63, 3.8) is 0 Å². The van der Waals surface area contributed by atoms with Crippen molar-refractivity contribution in [3.8, 4) is 5.75 Å². The van der Waals surface area contributed by atoms with Crippen LogP contribution in [-0.4, -0.2) is 19.6 Å². The summed E-state index contributed by atoms with van der Waals surface area (Å²) in [5.41, 5.74) is 2.11. The van der Waals surface area contributed by atoms with Gasteiger partial charge in [0.2, 0.25) is 5.89 Å². The summed E-state index contributed by atoms with van der Waals surface area (Å²) in [4.78, 5) is 8.46. The maximum absolute atomic E-state index is 13.9. The van der Waals surface area contributed by atoms with E-state index in [0.29, 0.717) is 38.2 Å². The molecule has 0 aliphatic rings. The summed E-state index contributed by atoms with van der Waals surface area (Å²) < 4.78 is 27.8. The van der Waals surface area contributed by atoms with E-state index >= 15 is 0 Å². The Hall–Kier alpha value is -2.94. The van der Waals surface area contributed by atoms with Crippen molar-refractivity contribution in [2.75, 3.05) is 0 Å². The maximum atomic E-state index is 13.9. The first-order chi connectivity index (χ1) is 17.0. The van der Waals surface area contributed by atoms with Gasteiger partial charge in [0, 0.05) is 40.1 Å². The molecule has 0 bridgehead atoms. The summed E-state index contributed by atoms with van der Waals surface area (Å²) in [6, 6.07) is 10.5. The number of benzene rings is 2. The van der Waals surface area contributed by atoms with Gasteiger partial charge < -0.3 is 18.8 Å². The molecular formula is C26H24BrClFN3O3. The summed E-state index contributed by atoms with van der Waals surface area (Å²) >= 11 is 9.70. The Morgan fingerprint density at radius 2 is 2.06 bits per heavy atom. The van der Waals surface area contributed by atoms with E-state index in [1.807, 2.05) is 22.9 Å². The quantitative estimate of drug-likeness (QED) is 0.207. The second-order valence-corrected chi connectivity index (χ2v) is 9.19. The Morgan fingerprint density at radius 1 is 1.17 bits per heavy atom. The van der Waals surface area contributed by atoms with Crippen LogP contribution in [0.15, 0.2) is 63.9 Å². The van der Waals surface area contributed by atoms with Gasteiger partial charge in [0.25, 0.3) is 0 Å². The van der Waals surface area contributed by atoms with E-state index in [2.05, 4.69) is 25.9 Å². The fourth-order valence-electron chi connectivity index (χ4n) is 3.53. The summed E-state index contributed by atoms with van der Waals surface area (Å²) in [6.45, 7) is 0.970. The zero-order chi connectivity index (χ0) is 24.6. The molecular weight excluding hydrogens is 537 g/mol. The molecule has 0 saturated heterocycles. The monoisotopic (exact) mass is 559 g/mol. The number of oxazole rings is 1. The predicted octanol–water partition coefficient (Wildman–Crippen LogP) is 6.69. The van der Waals surface area contributed by atoms with Crippen LogP contribution in [0.1, 0.15) is 41.4 Å². The van der Waals surface area contributed by atoms with Crippen LogP contribution in [0.25, 0.3) is 12.2 Å². The van der Waals surface area contributed by atoms with Gasteiger partial charge in [-0.25, -0.2) is 14.4 Å². The van der Waals surface area contributed by atoms with Gasteiger partial charge in [-0.05, 0) is 55.2 Å². The third-order valence-electron chi connectivity index (χ3n) is 5.39. The number of halogens is 3. The summed E-state index contributed by atoms with van der Waals surface area (Å²) in [7, 11) is 0. The van der Waals surface area contributed by atoms with Crippen LogP contribution >= 0.6 is 27.5 Å². The number of aromatic nitrogens is 3. The molecule has 0 aliphatic carbocycles. The Bertz CT molecular complexity index is 1300. The highest BCUT2D eigenvalue weighted by molar-refractivity contribution is 9.10. The number of aliphatic hydroxyl groups excluding tert-OH is 1. The molecule has 0 unspecified atom stereocenters. The smallest absolute Gasteiger partial charge is 0.218 e. The number of aliphatic hydroxyl groups is 1. The summed E-state index contributed by atoms with van der Waals surface area (Å²) in [5.74, 6) is 1.35. The average Bonchev–Trinajstić information content (AvgIpc) is 3.50. The molecule has 6 nitrogen and oxygen atoms in total. The van der Waals surface area contributed by atoms with Crippen LogP contribution in [0, 0.1) is 5.82 Å². The molecule has 2 heterocycles. The minimum Gasteiger partial charge on any atom is -0.487 e. The van der Waals surface area contributed by atoms with E-state index in [1.54, 1.807) is 36.5 Å². The Labute approximate surface area is 216 Å². The van der Waals surface area contributed by atoms with Crippen molar-refractivity contribution in [2.24, 2.45) is 0 Å². The van der Waals surface area contributed by atoms with Gasteiger partial charge in [0.15, 0.2) is 0 Å². The van der Waals surface area contributed by atoms with Gasteiger partial charge in [-0.15, -0.1) is 0 Å². The molecule has 0 saturated carbocycles. The van der Waals surface area contributed by atoms with Crippen LogP contribution in [0.3, 0.4) is 0 Å². The number of nitrogens with zero attached hydrogens (tertiary/aromatic N) is 3. The number of hydrogen-bond donors (Lipinski definition) is 1. The van der Waals surface area contributed by atoms with Crippen molar-refractivity contribution in [1.29, 1.82) is 0 Å². The Balaban J connectivity index is 1.25. The fourth-order valence-corrected chi connectivity index (χ4v) is 4.13. The number of aryl methyl sites for hydroxylation is 2. The third kappa shape index (κ3) is 7.04. The zero-order valence-electron chi connectivity index (χ0n) is 18.8. The minimum absolute atomic E-state index is 0.0569. The first-order valence-corrected chi connectivity index (χ1v) is 12.3.